The summed E-state index contributed by atoms with van der Waals surface area (Å²) >= 11 is 0. The molecule has 9 heteroatoms. The van der Waals surface area contributed by atoms with Gasteiger partial charge in [-0.15, -0.1) is 0 Å². The number of amides is 1. The Morgan fingerprint density at radius 3 is 2.19 bits per heavy atom. The second kappa shape index (κ2) is 6.43. The molecule has 142 valence electrons. The lowest BCUT2D eigenvalue weighted by atomic mass is 10.0. The molecule has 2 aromatic rings. The van der Waals surface area contributed by atoms with E-state index in [1.807, 2.05) is 24.3 Å². The molecule has 0 bridgehead atoms. The SMILES string of the molecule is O=C1CCS(=O)(=O)N1c1ccc(S(=O)(=O)N2CCc3ccccc3C2)cc1. The number of carbonyl (C=O) groups excluding carboxylic acids is 1. The van der Waals surface area contributed by atoms with Crippen LogP contribution in [0.1, 0.15) is 17.5 Å². The molecule has 0 saturated carbocycles. The number of fused-ring (bicyclic) bond motifs is 1. The average Bonchev–Trinajstić information content (AvgIpc) is 2.94. The van der Waals surface area contributed by atoms with Gasteiger partial charge in [-0.25, -0.2) is 21.1 Å². The molecule has 1 fully saturated rings. The number of sulfonamides is 2. The minimum atomic E-state index is -3.71. The van der Waals surface area contributed by atoms with Crippen LogP contribution < -0.4 is 4.31 Å². The fourth-order valence-corrected chi connectivity index (χ4v) is 6.32. The molecule has 2 aromatic carbocycles. The summed E-state index contributed by atoms with van der Waals surface area (Å²) in [5, 5.41) is 0. The third-order valence-corrected chi connectivity index (χ3v) is 8.43. The van der Waals surface area contributed by atoms with Gasteiger partial charge in [-0.1, -0.05) is 24.3 Å². The van der Waals surface area contributed by atoms with E-state index in [1.165, 1.54) is 28.6 Å². The minimum absolute atomic E-state index is 0.0600. The van der Waals surface area contributed by atoms with E-state index in [2.05, 4.69) is 0 Å². The fraction of sp³-hybridized carbons (Fsp3) is 0.278. The summed E-state index contributed by atoms with van der Waals surface area (Å²) in [6.45, 7) is 0.694. The van der Waals surface area contributed by atoms with Crippen LogP contribution in [0.4, 0.5) is 5.69 Å². The average molecular weight is 406 g/mol. The van der Waals surface area contributed by atoms with Gasteiger partial charge in [0.05, 0.1) is 16.3 Å². The molecule has 0 spiro atoms. The molecule has 0 radical (unpaired) electrons. The van der Waals surface area contributed by atoms with Crippen molar-refractivity contribution in [2.45, 2.75) is 24.3 Å². The van der Waals surface area contributed by atoms with Crippen molar-refractivity contribution in [2.75, 3.05) is 16.6 Å². The molecule has 0 aromatic heterocycles. The minimum Gasteiger partial charge on any atom is -0.273 e. The molecule has 7 nitrogen and oxygen atoms in total. The predicted molar refractivity (Wildman–Crippen MR) is 100 cm³/mol. The van der Waals surface area contributed by atoms with Crippen LogP contribution in [0.15, 0.2) is 53.4 Å². The van der Waals surface area contributed by atoms with Crippen molar-refractivity contribution < 1.29 is 21.6 Å². The summed E-state index contributed by atoms with van der Waals surface area (Å²) < 4.78 is 52.1. The molecule has 0 aliphatic carbocycles. The van der Waals surface area contributed by atoms with E-state index in [1.54, 1.807) is 0 Å². The molecular weight excluding hydrogens is 388 g/mol. The molecule has 2 heterocycles. The smallest absolute Gasteiger partial charge is 0.243 e. The standard InChI is InChI=1S/C18H18N2O5S2/c21-18-10-12-26(22,23)20(18)16-5-7-17(8-6-16)27(24,25)19-11-9-14-3-1-2-4-15(14)13-19/h1-8H,9-13H2. The van der Waals surface area contributed by atoms with Crippen molar-refractivity contribution in [2.24, 2.45) is 0 Å². The molecule has 4 rings (SSSR count). The number of nitrogens with zero attached hydrogens (tertiary/aromatic N) is 2. The van der Waals surface area contributed by atoms with Crippen LogP contribution in [0.2, 0.25) is 0 Å². The Bertz CT molecular complexity index is 1110. The van der Waals surface area contributed by atoms with Crippen molar-refractivity contribution in [1.29, 1.82) is 0 Å². The van der Waals surface area contributed by atoms with Gasteiger partial charge in [-0.3, -0.25) is 4.79 Å². The highest BCUT2D eigenvalue weighted by Gasteiger charge is 2.36. The van der Waals surface area contributed by atoms with Crippen molar-refractivity contribution in [3.05, 3.63) is 59.7 Å². The Labute approximate surface area is 158 Å². The molecule has 27 heavy (non-hydrogen) atoms. The first kappa shape index (κ1) is 18.1. The van der Waals surface area contributed by atoms with Crippen LogP contribution in [0.3, 0.4) is 0 Å². The van der Waals surface area contributed by atoms with Gasteiger partial charge >= 0.3 is 0 Å². The van der Waals surface area contributed by atoms with Crippen molar-refractivity contribution in [3.8, 4) is 0 Å². The van der Waals surface area contributed by atoms with Crippen LogP contribution in [0.5, 0.6) is 0 Å². The third kappa shape index (κ3) is 3.15. The van der Waals surface area contributed by atoms with Gasteiger partial charge in [0.25, 0.3) is 0 Å². The maximum Gasteiger partial charge on any atom is 0.243 e. The molecule has 2 aliphatic rings. The highest BCUT2D eigenvalue weighted by molar-refractivity contribution is 7.94. The Balaban J connectivity index is 1.61. The largest absolute Gasteiger partial charge is 0.273 e. The number of anilines is 1. The van der Waals surface area contributed by atoms with Crippen molar-refractivity contribution in [3.63, 3.8) is 0 Å². The number of carbonyl (C=O) groups is 1. The van der Waals surface area contributed by atoms with Gasteiger partial charge in [0.15, 0.2) is 0 Å². The van der Waals surface area contributed by atoms with Crippen LogP contribution >= 0.6 is 0 Å². The molecular formula is C18H18N2O5S2. The lowest BCUT2D eigenvalue weighted by molar-refractivity contribution is -0.116. The van der Waals surface area contributed by atoms with Gasteiger partial charge in [-0.2, -0.15) is 4.31 Å². The second-order valence-electron chi connectivity index (χ2n) is 6.58. The zero-order valence-corrected chi connectivity index (χ0v) is 16.0. The van der Waals surface area contributed by atoms with E-state index in [9.17, 15) is 21.6 Å². The van der Waals surface area contributed by atoms with Gasteiger partial charge in [-0.05, 0) is 41.8 Å². The van der Waals surface area contributed by atoms with Gasteiger partial charge in [0.2, 0.25) is 26.0 Å². The summed E-state index contributed by atoms with van der Waals surface area (Å²) in [6, 6.07) is 13.2. The summed E-state index contributed by atoms with van der Waals surface area (Å²) in [5.41, 5.74) is 2.30. The number of hydrogen-bond donors (Lipinski definition) is 0. The van der Waals surface area contributed by atoms with Crippen molar-refractivity contribution in [1.82, 2.24) is 4.31 Å². The first-order valence-corrected chi connectivity index (χ1v) is 11.6. The first-order valence-electron chi connectivity index (χ1n) is 8.52. The Morgan fingerprint density at radius 2 is 1.56 bits per heavy atom. The Hall–Kier alpha value is -2.23. The monoisotopic (exact) mass is 406 g/mol. The lowest BCUT2D eigenvalue weighted by Crippen LogP contribution is -2.36. The molecule has 0 atom stereocenters. The number of benzene rings is 2. The number of hydrogen-bond acceptors (Lipinski definition) is 5. The molecule has 0 unspecified atom stereocenters. The van der Waals surface area contributed by atoms with E-state index in [0.717, 1.165) is 15.4 Å². The van der Waals surface area contributed by atoms with Crippen LogP contribution in [0.25, 0.3) is 0 Å². The van der Waals surface area contributed by atoms with E-state index in [4.69, 9.17) is 0 Å². The lowest BCUT2D eigenvalue weighted by Gasteiger charge is -2.28. The van der Waals surface area contributed by atoms with E-state index >= 15 is 0 Å². The van der Waals surface area contributed by atoms with Crippen LogP contribution in [-0.4, -0.2) is 39.3 Å². The fourth-order valence-electron chi connectivity index (χ4n) is 3.45. The van der Waals surface area contributed by atoms with Crippen LogP contribution in [-0.2, 0) is 37.8 Å². The predicted octanol–water partition coefficient (Wildman–Crippen LogP) is 1.50. The highest BCUT2D eigenvalue weighted by atomic mass is 32.2. The van der Waals surface area contributed by atoms with Gasteiger partial charge < -0.3 is 0 Å². The van der Waals surface area contributed by atoms with Crippen LogP contribution in [0, 0.1) is 0 Å². The molecule has 0 N–H and O–H groups in total. The summed E-state index contributed by atoms with van der Waals surface area (Å²) in [7, 11) is -7.37. The summed E-state index contributed by atoms with van der Waals surface area (Å²) in [5.74, 6) is -0.725. The second-order valence-corrected chi connectivity index (χ2v) is 10.5. The number of rotatable bonds is 3. The zero-order valence-electron chi connectivity index (χ0n) is 14.4. The first-order chi connectivity index (χ1) is 12.8. The van der Waals surface area contributed by atoms with E-state index < -0.39 is 26.0 Å². The third-order valence-electron chi connectivity index (χ3n) is 4.88. The summed E-state index contributed by atoms with van der Waals surface area (Å²) in [6.07, 6.45) is 0.587. The topological polar surface area (TPSA) is 91.8 Å². The van der Waals surface area contributed by atoms with E-state index in [0.29, 0.717) is 19.5 Å². The normalized spacial score (nSPS) is 19.9. The van der Waals surface area contributed by atoms with Crippen molar-refractivity contribution >= 4 is 31.6 Å². The Morgan fingerprint density at radius 1 is 0.889 bits per heavy atom. The maximum atomic E-state index is 12.9. The maximum absolute atomic E-state index is 12.9. The van der Waals surface area contributed by atoms with E-state index in [-0.39, 0.29) is 22.8 Å². The van der Waals surface area contributed by atoms with Gasteiger partial charge in [0.1, 0.15) is 0 Å². The zero-order chi connectivity index (χ0) is 19.2. The molecule has 1 amide bonds. The quantitative estimate of drug-likeness (QED) is 0.770. The Kier molecular flexibility index (Phi) is 4.32. The molecule has 2 aliphatic heterocycles. The highest BCUT2D eigenvalue weighted by Crippen LogP contribution is 2.29. The summed E-state index contributed by atoms with van der Waals surface area (Å²) in [4.78, 5) is 11.9. The molecule has 1 saturated heterocycles. The van der Waals surface area contributed by atoms with Gasteiger partial charge in [0, 0.05) is 19.5 Å².